The molecule has 0 saturated heterocycles. The number of aromatic nitrogens is 4. The van der Waals surface area contributed by atoms with Crippen molar-refractivity contribution in [3.05, 3.63) is 59.7 Å². The van der Waals surface area contributed by atoms with Crippen LogP contribution in [0.25, 0.3) is 11.4 Å². The van der Waals surface area contributed by atoms with Crippen LogP contribution in [0.3, 0.4) is 0 Å². The van der Waals surface area contributed by atoms with Gasteiger partial charge in [0.05, 0.1) is 19.1 Å². The van der Waals surface area contributed by atoms with Crippen molar-refractivity contribution < 1.29 is 9.53 Å². The molecule has 0 aliphatic carbocycles. The minimum Gasteiger partial charge on any atom is -0.497 e. The Bertz CT molecular complexity index is 893. The van der Waals surface area contributed by atoms with Crippen LogP contribution in [-0.4, -0.2) is 45.6 Å². The summed E-state index contributed by atoms with van der Waals surface area (Å²) in [7, 11) is 3.45. The summed E-state index contributed by atoms with van der Waals surface area (Å²) in [5.74, 6) is 1.12. The van der Waals surface area contributed by atoms with Gasteiger partial charge in [-0.3, -0.25) is 4.79 Å². The number of likely N-dealkylation sites (N-methyl/N-ethyl adjacent to an activating group) is 1. The van der Waals surface area contributed by atoms with E-state index in [-0.39, 0.29) is 17.9 Å². The molecule has 7 heteroatoms. The molecule has 0 fully saturated rings. The zero-order chi connectivity index (χ0) is 19.4. The summed E-state index contributed by atoms with van der Waals surface area (Å²) in [5, 5.41) is 14.1. The standard InChI is InChI=1S/C20H23N5O2/c1-13(15-8-10-18(27-4)11-9-15)20(26)25(3)14(2)16-6-5-7-17(12-16)19-21-23-24-22-19/h5-14H,1-4H3,(H,21,22,23,24). The Morgan fingerprint density at radius 1 is 1.11 bits per heavy atom. The van der Waals surface area contributed by atoms with Gasteiger partial charge in [0.15, 0.2) is 0 Å². The van der Waals surface area contributed by atoms with Crippen molar-refractivity contribution in [1.82, 2.24) is 25.5 Å². The Morgan fingerprint density at radius 2 is 1.85 bits per heavy atom. The number of aromatic amines is 1. The molecule has 0 saturated carbocycles. The molecule has 2 aromatic carbocycles. The maximum Gasteiger partial charge on any atom is 0.230 e. The van der Waals surface area contributed by atoms with Gasteiger partial charge in [0.2, 0.25) is 11.7 Å². The van der Waals surface area contributed by atoms with Crippen LogP contribution in [0.1, 0.15) is 36.9 Å². The molecule has 3 rings (SSSR count). The molecule has 1 N–H and O–H groups in total. The van der Waals surface area contributed by atoms with E-state index in [0.29, 0.717) is 5.82 Å². The average Bonchev–Trinajstić information content (AvgIpc) is 3.26. The smallest absolute Gasteiger partial charge is 0.230 e. The second kappa shape index (κ2) is 7.99. The number of tetrazole rings is 1. The van der Waals surface area contributed by atoms with Gasteiger partial charge in [0.25, 0.3) is 0 Å². The molecule has 2 unspecified atom stereocenters. The highest BCUT2D eigenvalue weighted by molar-refractivity contribution is 5.83. The fourth-order valence-electron chi connectivity index (χ4n) is 2.98. The first-order valence-electron chi connectivity index (χ1n) is 8.75. The van der Waals surface area contributed by atoms with E-state index in [4.69, 9.17) is 4.74 Å². The molecule has 2 atom stereocenters. The van der Waals surface area contributed by atoms with E-state index in [2.05, 4.69) is 20.6 Å². The first-order chi connectivity index (χ1) is 13.0. The van der Waals surface area contributed by atoms with Gasteiger partial charge in [-0.2, -0.15) is 5.21 Å². The summed E-state index contributed by atoms with van der Waals surface area (Å²) in [6.07, 6.45) is 0. The third-order valence-corrected chi connectivity index (χ3v) is 4.89. The summed E-state index contributed by atoms with van der Waals surface area (Å²) in [4.78, 5) is 14.7. The van der Waals surface area contributed by atoms with Crippen LogP contribution in [0.5, 0.6) is 5.75 Å². The first kappa shape index (κ1) is 18.6. The summed E-state index contributed by atoms with van der Waals surface area (Å²) in [6.45, 7) is 3.93. The van der Waals surface area contributed by atoms with Crippen molar-refractivity contribution in [2.75, 3.05) is 14.2 Å². The van der Waals surface area contributed by atoms with Crippen molar-refractivity contribution in [2.45, 2.75) is 25.8 Å². The lowest BCUT2D eigenvalue weighted by molar-refractivity contribution is -0.133. The molecule has 27 heavy (non-hydrogen) atoms. The van der Waals surface area contributed by atoms with Crippen LogP contribution >= 0.6 is 0 Å². The van der Waals surface area contributed by atoms with E-state index in [1.54, 1.807) is 12.0 Å². The van der Waals surface area contributed by atoms with Crippen LogP contribution in [0.15, 0.2) is 48.5 Å². The minimum absolute atomic E-state index is 0.0534. The molecule has 3 aromatic rings. The molecule has 0 bridgehead atoms. The van der Waals surface area contributed by atoms with Crippen molar-refractivity contribution >= 4 is 5.91 Å². The zero-order valence-electron chi connectivity index (χ0n) is 15.9. The zero-order valence-corrected chi connectivity index (χ0v) is 15.9. The van der Waals surface area contributed by atoms with Gasteiger partial charge in [-0.25, -0.2) is 0 Å². The fourth-order valence-corrected chi connectivity index (χ4v) is 2.98. The van der Waals surface area contributed by atoms with Gasteiger partial charge in [0.1, 0.15) is 5.75 Å². The lowest BCUT2D eigenvalue weighted by Gasteiger charge is -2.28. The Morgan fingerprint density at radius 3 is 2.48 bits per heavy atom. The lowest BCUT2D eigenvalue weighted by Crippen LogP contribution is -2.33. The maximum atomic E-state index is 13.0. The summed E-state index contributed by atoms with van der Waals surface area (Å²) >= 11 is 0. The van der Waals surface area contributed by atoms with E-state index in [0.717, 1.165) is 22.4 Å². The van der Waals surface area contributed by atoms with E-state index in [9.17, 15) is 4.79 Å². The number of amides is 1. The number of nitrogens with zero attached hydrogens (tertiary/aromatic N) is 4. The normalized spacial score (nSPS) is 13.0. The lowest BCUT2D eigenvalue weighted by atomic mass is 9.97. The third kappa shape index (κ3) is 3.97. The molecular formula is C20H23N5O2. The minimum atomic E-state index is -0.247. The summed E-state index contributed by atoms with van der Waals surface area (Å²) < 4.78 is 5.18. The third-order valence-electron chi connectivity index (χ3n) is 4.89. The molecule has 0 spiro atoms. The highest BCUT2D eigenvalue weighted by Crippen LogP contribution is 2.27. The maximum absolute atomic E-state index is 13.0. The van der Waals surface area contributed by atoms with Gasteiger partial charge < -0.3 is 9.64 Å². The molecule has 1 aromatic heterocycles. The molecule has 0 aliphatic rings. The number of hydrogen-bond donors (Lipinski definition) is 1. The average molecular weight is 365 g/mol. The van der Waals surface area contributed by atoms with Gasteiger partial charge in [0, 0.05) is 12.6 Å². The predicted molar refractivity (Wildman–Crippen MR) is 102 cm³/mol. The Kier molecular flexibility index (Phi) is 5.49. The van der Waals surface area contributed by atoms with Crippen molar-refractivity contribution in [2.24, 2.45) is 0 Å². The van der Waals surface area contributed by atoms with Gasteiger partial charge in [-0.15, -0.1) is 10.2 Å². The number of rotatable bonds is 6. The molecular weight excluding hydrogens is 342 g/mol. The fraction of sp³-hybridized carbons (Fsp3) is 0.300. The number of carbonyl (C=O) groups is 1. The Labute approximate surface area is 158 Å². The predicted octanol–water partition coefficient (Wildman–Crippen LogP) is 3.20. The highest BCUT2D eigenvalue weighted by Gasteiger charge is 2.24. The first-order valence-corrected chi connectivity index (χ1v) is 8.75. The van der Waals surface area contributed by atoms with Crippen LogP contribution < -0.4 is 4.74 Å². The monoisotopic (exact) mass is 365 g/mol. The van der Waals surface area contributed by atoms with Gasteiger partial charge >= 0.3 is 0 Å². The molecule has 140 valence electrons. The SMILES string of the molecule is COc1ccc(C(C)C(=O)N(C)C(C)c2cccc(-c3nn[nH]n3)c2)cc1. The van der Waals surface area contributed by atoms with E-state index in [1.807, 2.05) is 69.4 Å². The highest BCUT2D eigenvalue weighted by atomic mass is 16.5. The summed E-state index contributed by atoms with van der Waals surface area (Å²) in [6, 6.07) is 15.3. The largest absolute Gasteiger partial charge is 0.497 e. The van der Waals surface area contributed by atoms with Crippen molar-refractivity contribution in [1.29, 1.82) is 0 Å². The van der Waals surface area contributed by atoms with E-state index < -0.39 is 0 Å². The van der Waals surface area contributed by atoms with Gasteiger partial charge in [-0.05, 0) is 48.4 Å². The van der Waals surface area contributed by atoms with Crippen LogP contribution in [0.2, 0.25) is 0 Å². The quantitative estimate of drug-likeness (QED) is 0.725. The van der Waals surface area contributed by atoms with Crippen LogP contribution in [0.4, 0.5) is 0 Å². The molecule has 0 radical (unpaired) electrons. The second-order valence-electron chi connectivity index (χ2n) is 6.48. The Balaban J connectivity index is 1.76. The number of methoxy groups -OCH3 is 1. The van der Waals surface area contributed by atoms with Crippen molar-refractivity contribution in [3.63, 3.8) is 0 Å². The number of carbonyl (C=O) groups excluding carboxylic acids is 1. The second-order valence-corrected chi connectivity index (χ2v) is 6.48. The number of benzene rings is 2. The topological polar surface area (TPSA) is 84.0 Å². The van der Waals surface area contributed by atoms with Crippen LogP contribution in [0, 0.1) is 0 Å². The van der Waals surface area contributed by atoms with Crippen molar-refractivity contribution in [3.8, 4) is 17.1 Å². The Hall–Kier alpha value is -3.22. The molecule has 1 amide bonds. The number of ether oxygens (including phenoxy) is 1. The van der Waals surface area contributed by atoms with E-state index in [1.165, 1.54) is 0 Å². The number of hydrogen-bond acceptors (Lipinski definition) is 5. The summed E-state index contributed by atoms with van der Waals surface area (Å²) in [5.41, 5.74) is 2.83. The van der Waals surface area contributed by atoms with Gasteiger partial charge in [-0.1, -0.05) is 30.3 Å². The number of nitrogens with one attached hydrogen (secondary N) is 1. The van der Waals surface area contributed by atoms with E-state index >= 15 is 0 Å². The molecule has 0 aliphatic heterocycles. The molecule has 1 heterocycles. The van der Waals surface area contributed by atoms with Crippen LogP contribution in [-0.2, 0) is 4.79 Å². The number of H-pyrrole nitrogens is 1. The molecule has 7 nitrogen and oxygen atoms in total.